The Labute approximate surface area is 141 Å². The molecule has 0 amide bonds. The number of aliphatic imine (C=N–C) groups is 1. The van der Waals surface area contributed by atoms with Crippen LogP contribution < -0.4 is 10.1 Å². The van der Waals surface area contributed by atoms with Crippen molar-refractivity contribution in [3.8, 4) is 5.75 Å². The zero-order valence-corrected chi connectivity index (χ0v) is 14.2. The molecule has 0 unspecified atom stereocenters. The first-order chi connectivity index (χ1) is 11.6. The molecule has 1 N–H and O–H groups in total. The van der Waals surface area contributed by atoms with Gasteiger partial charge in [-0.25, -0.2) is 0 Å². The predicted molar refractivity (Wildman–Crippen MR) is 89.5 cm³/mol. The maximum Gasteiger partial charge on any atom is 0.387 e. The normalized spacial score (nSPS) is 16.5. The van der Waals surface area contributed by atoms with Gasteiger partial charge in [0.1, 0.15) is 5.75 Å². The summed E-state index contributed by atoms with van der Waals surface area (Å²) in [5.41, 5.74) is 0.670. The van der Waals surface area contributed by atoms with E-state index in [1.54, 1.807) is 31.3 Å². The number of halogens is 2. The first-order valence-electron chi connectivity index (χ1n) is 8.24. The van der Waals surface area contributed by atoms with E-state index < -0.39 is 6.61 Å². The molecule has 5 nitrogen and oxygen atoms in total. The molecule has 0 saturated carbocycles. The Balaban J connectivity index is 1.91. The molecule has 2 rings (SSSR count). The van der Waals surface area contributed by atoms with Crippen molar-refractivity contribution in [1.82, 2.24) is 10.2 Å². The summed E-state index contributed by atoms with van der Waals surface area (Å²) in [7, 11) is 1.72. The van der Waals surface area contributed by atoms with Gasteiger partial charge in [0.2, 0.25) is 0 Å². The van der Waals surface area contributed by atoms with Gasteiger partial charge >= 0.3 is 6.61 Å². The molecule has 0 atom stereocenters. The third kappa shape index (κ3) is 5.33. The van der Waals surface area contributed by atoms with Crippen molar-refractivity contribution >= 4 is 5.96 Å². The lowest BCUT2D eigenvalue weighted by molar-refractivity contribution is -0.0504. The molecule has 0 bridgehead atoms. The number of hydrogen-bond donors (Lipinski definition) is 1. The SMILES string of the molecule is CCOC1CCN(C(=NC)NCc2ccccc2OC(F)F)CC1. The average Bonchev–Trinajstić information content (AvgIpc) is 2.58. The molecule has 134 valence electrons. The van der Waals surface area contributed by atoms with Gasteiger partial charge in [0, 0.05) is 38.9 Å². The summed E-state index contributed by atoms with van der Waals surface area (Å²) < 4.78 is 35.1. The van der Waals surface area contributed by atoms with E-state index in [2.05, 4.69) is 19.9 Å². The summed E-state index contributed by atoms with van der Waals surface area (Å²) in [4.78, 5) is 6.45. The van der Waals surface area contributed by atoms with E-state index in [0.717, 1.165) is 38.5 Å². The molecule has 0 aliphatic carbocycles. The largest absolute Gasteiger partial charge is 0.434 e. The van der Waals surface area contributed by atoms with E-state index >= 15 is 0 Å². The summed E-state index contributed by atoms with van der Waals surface area (Å²) in [6, 6.07) is 6.78. The number of para-hydroxylation sites is 1. The maximum atomic E-state index is 12.5. The number of rotatable bonds is 6. The van der Waals surface area contributed by atoms with Crippen molar-refractivity contribution in [2.45, 2.75) is 39.0 Å². The first-order valence-corrected chi connectivity index (χ1v) is 8.24. The molecule has 1 aliphatic rings. The molecule has 0 spiro atoms. The van der Waals surface area contributed by atoms with Gasteiger partial charge in [-0.2, -0.15) is 8.78 Å². The quantitative estimate of drug-likeness (QED) is 0.638. The Bertz CT molecular complexity index is 532. The molecule has 1 aliphatic heterocycles. The fourth-order valence-corrected chi connectivity index (χ4v) is 2.84. The van der Waals surface area contributed by atoms with Crippen molar-refractivity contribution in [3.63, 3.8) is 0 Å². The topological polar surface area (TPSA) is 46.1 Å². The highest BCUT2D eigenvalue weighted by molar-refractivity contribution is 5.80. The number of hydrogen-bond acceptors (Lipinski definition) is 3. The zero-order valence-electron chi connectivity index (χ0n) is 14.2. The number of alkyl halides is 2. The van der Waals surface area contributed by atoms with Gasteiger partial charge in [0.05, 0.1) is 6.10 Å². The number of nitrogens with zero attached hydrogens (tertiary/aromatic N) is 2. The van der Waals surface area contributed by atoms with E-state index in [0.29, 0.717) is 18.2 Å². The smallest absolute Gasteiger partial charge is 0.387 e. The van der Waals surface area contributed by atoms with Crippen LogP contribution in [-0.4, -0.2) is 50.3 Å². The fraction of sp³-hybridized carbons (Fsp3) is 0.588. The highest BCUT2D eigenvalue weighted by Gasteiger charge is 2.21. The Morgan fingerprint density at radius 1 is 1.33 bits per heavy atom. The van der Waals surface area contributed by atoms with Crippen LogP contribution in [0.2, 0.25) is 0 Å². The van der Waals surface area contributed by atoms with Crippen molar-refractivity contribution in [2.75, 3.05) is 26.7 Å². The summed E-state index contributed by atoms with van der Waals surface area (Å²) in [6.07, 6.45) is 2.23. The highest BCUT2D eigenvalue weighted by atomic mass is 19.3. The second-order valence-corrected chi connectivity index (χ2v) is 5.53. The van der Waals surface area contributed by atoms with E-state index in [-0.39, 0.29) is 5.75 Å². The van der Waals surface area contributed by atoms with Gasteiger partial charge in [-0.15, -0.1) is 0 Å². The standard InChI is InChI=1S/C17H25F2N3O2/c1-3-23-14-8-10-22(11-9-14)17(20-2)21-12-13-6-4-5-7-15(13)24-16(18)19/h4-7,14,16H,3,8-12H2,1-2H3,(H,20,21). The molecule has 7 heteroatoms. The zero-order chi connectivity index (χ0) is 17.4. The monoisotopic (exact) mass is 341 g/mol. The molecule has 1 aromatic rings. The molecule has 1 fully saturated rings. The number of guanidine groups is 1. The van der Waals surface area contributed by atoms with E-state index in [9.17, 15) is 8.78 Å². The average molecular weight is 341 g/mol. The second-order valence-electron chi connectivity index (χ2n) is 5.53. The van der Waals surface area contributed by atoms with Crippen LogP contribution in [0, 0.1) is 0 Å². The molecule has 1 heterocycles. The van der Waals surface area contributed by atoms with Crippen LogP contribution in [0.3, 0.4) is 0 Å². The summed E-state index contributed by atoms with van der Waals surface area (Å²) in [5, 5.41) is 3.23. The van der Waals surface area contributed by atoms with Gasteiger partial charge in [0.25, 0.3) is 0 Å². The Morgan fingerprint density at radius 2 is 2.04 bits per heavy atom. The maximum absolute atomic E-state index is 12.5. The predicted octanol–water partition coefficient (Wildman–Crippen LogP) is 2.86. The van der Waals surface area contributed by atoms with Gasteiger partial charge in [-0.05, 0) is 25.8 Å². The van der Waals surface area contributed by atoms with Gasteiger partial charge < -0.3 is 19.7 Å². The van der Waals surface area contributed by atoms with E-state index in [1.165, 1.54) is 0 Å². The highest BCUT2D eigenvalue weighted by Crippen LogP contribution is 2.20. The molecule has 0 aromatic heterocycles. The van der Waals surface area contributed by atoms with E-state index in [4.69, 9.17) is 4.74 Å². The number of likely N-dealkylation sites (tertiary alicyclic amines) is 1. The lowest BCUT2D eigenvalue weighted by atomic mass is 10.1. The van der Waals surface area contributed by atoms with Crippen LogP contribution in [0.1, 0.15) is 25.3 Å². The van der Waals surface area contributed by atoms with Crippen LogP contribution in [0.15, 0.2) is 29.3 Å². The third-order valence-electron chi connectivity index (χ3n) is 3.98. The summed E-state index contributed by atoms with van der Waals surface area (Å²) >= 11 is 0. The minimum absolute atomic E-state index is 0.186. The number of ether oxygens (including phenoxy) is 2. The third-order valence-corrected chi connectivity index (χ3v) is 3.98. The van der Waals surface area contributed by atoms with Crippen molar-refractivity contribution in [3.05, 3.63) is 29.8 Å². The van der Waals surface area contributed by atoms with Gasteiger partial charge in [0.15, 0.2) is 5.96 Å². The number of nitrogens with one attached hydrogen (secondary N) is 1. The summed E-state index contributed by atoms with van der Waals surface area (Å²) in [6.45, 7) is 2.01. The lowest BCUT2D eigenvalue weighted by Gasteiger charge is -2.34. The molecular weight excluding hydrogens is 316 g/mol. The van der Waals surface area contributed by atoms with Gasteiger partial charge in [-0.3, -0.25) is 4.99 Å². The van der Waals surface area contributed by atoms with Crippen LogP contribution in [0.5, 0.6) is 5.75 Å². The lowest BCUT2D eigenvalue weighted by Crippen LogP contribution is -2.46. The number of piperidine rings is 1. The Kier molecular flexibility index (Phi) is 7.24. The molecular formula is C17H25F2N3O2. The van der Waals surface area contributed by atoms with Gasteiger partial charge in [-0.1, -0.05) is 18.2 Å². The molecule has 1 saturated heterocycles. The first kappa shape index (κ1) is 18.4. The minimum Gasteiger partial charge on any atom is -0.434 e. The minimum atomic E-state index is -2.83. The second kappa shape index (κ2) is 9.42. The molecule has 1 aromatic carbocycles. The van der Waals surface area contributed by atoms with Crippen LogP contribution in [-0.2, 0) is 11.3 Å². The van der Waals surface area contributed by atoms with Crippen molar-refractivity contribution in [2.24, 2.45) is 4.99 Å². The van der Waals surface area contributed by atoms with E-state index in [1.807, 2.05) is 6.92 Å². The van der Waals surface area contributed by atoms with Crippen LogP contribution in [0.4, 0.5) is 8.78 Å². The summed E-state index contributed by atoms with van der Waals surface area (Å²) in [5.74, 6) is 0.947. The molecule has 24 heavy (non-hydrogen) atoms. The van der Waals surface area contributed by atoms with Crippen LogP contribution >= 0.6 is 0 Å². The Morgan fingerprint density at radius 3 is 2.67 bits per heavy atom. The molecule has 0 radical (unpaired) electrons. The number of benzene rings is 1. The van der Waals surface area contributed by atoms with Crippen molar-refractivity contribution in [1.29, 1.82) is 0 Å². The van der Waals surface area contributed by atoms with Crippen LogP contribution in [0.25, 0.3) is 0 Å². The fourth-order valence-electron chi connectivity index (χ4n) is 2.84. The Hall–Kier alpha value is -1.89. The van der Waals surface area contributed by atoms with Crippen molar-refractivity contribution < 1.29 is 18.3 Å².